The Balaban J connectivity index is 2.01. The molecule has 0 saturated carbocycles. The Labute approximate surface area is 155 Å². The van der Waals surface area contributed by atoms with Gasteiger partial charge in [-0.2, -0.15) is 5.10 Å². The third-order valence-corrected chi connectivity index (χ3v) is 4.10. The highest BCUT2D eigenvalue weighted by molar-refractivity contribution is 6.30. The highest BCUT2D eigenvalue weighted by atomic mass is 35.5. The number of rotatable bonds is 11. The molecule has 0 fully saturated rings. The van der Waals surface area contributed by atoms with Crippen LogP contribution in [0.3, 0.4) is 0 Å². The van der Waals surface area contributed by atoms with Crippen LogP contribution in [0, 0.1) is 0 Å². The van der Waals surface area contributed by atoms with Crippen LogP contribution < -0.4 is 9.47 Å². The largest absolute Gasteiger partial charge is 0.488 e. The van der Waals surface area contributed by atoms with E-state index >= 15 is 0 Å². The molecule has 0 saturated heterocycles. The lowest BCUT2D eigenvalue weighted by molar-refractivity contribution is 0.250. The molecule has 5 heteroatoms. The van der Waals surface area contributed by atoms with E-state index in [0.29, 0.717) is 24.8 Å². The maximum atomic E-state index is 5.93. The summed E-state index contributed by atoms with van der Waals surface area (Å²) < 4.78 is 11.6. The Hall–Kier alpha value is -1.81. The van der Waals surface area contributed by atoms with E-state index in [9.17, 15) is 0 Å². The number of hydrogen-bond acceptors (Lipinski definition) is 4. The van der Waals surface area contributed by atoms with Gasteiger partial charge in [0.05, 0.1) is 18.9 Å². The molecule has 4 nitrogen and oxygen atoms in total. The Bertz CT molecular complexity index is 632. The third-order valence-electron chi connectivity index (χ3n) is 3.85. The van der Waals surface area contributed by atoms with Crippen molar-refractivity contribution in [3.05, 3.63) is 46.6 Å². The maximum Gasteiger partial charge on any atom is 0.276 e. The molecule has 0 aliphatic carbocycles. The minimum absolute atomic E-state index is 0.500. The number of hydrogen-bond donors (Lipinski definition) is 0. The van der Waals surface area contributed by atoms with Gasteiger partial charge in [-0.05, 0) is 43.4 Å². The zero-order valence-corrected chi connectivity index (χ0v) is 15.9. The van der Waals surface area contributed by atoms with Gasteiger partial charge in [0.1, 0.15) is 0 Å². The van der Waals surface area contributed by atoms with E-state index in [0.717, 1.165) is 49.2 Å². The fraction of sp³-hybridized carbons (Fsp3) is 0.500. The molecule has 0 spiro atoms. The van der Waals surface area contributed by atoms with E-state index in [1.807, 2.05) is 30.3 Å². The zero-order chi connectivity index (χ0) is 17.9. The summed E-state index contributed by atoms with van der Waals surface area (Å²) >= 11 is 5.93. The van der Waals surface area contributed by atoms with E-state index < -0.39 is 0 Å². The average molecular weight is 363 g/mol. The second kappa shape index (κ2) is 10.9. The van der Waals surface area contributed by atoms with Crippen molar-refractivity contribution >= 4 is 11.6 Å². The average Bonchev–Trinajstić information content (AvgIpc) is 2.63. The number of nitrogens with zero attached hydrogens (tertiary/aromatic N) is 2. The third kappa shape index (κ3) is 6.91. The summed E-state index contributed by atoms with van der Waals surface area (Å²) in [6.07, 6.45) is 5.86. The summed E-state index contributed by atoms with van der Waals surface area (Å²) in [6.45, 7) is 5.58. The zero-order valence-electron chi connectivity index (χ0n) is 15.1. The molecule has 0 atom stereocenters. The number of aryl methyl sites for hydroxylation is 2. The number of unbranched alkanes of at least 4 members (excludes halogenated alkanes) is 2. The number of aromatic nitrogens is 2. The number of ether oxygens (including phenoxy) is 2. The molecular formula is C20H27ClN2O2. The van der Waals surface area contributed by atoms with E-state index in [4.69, 9.17) is 21.1 Å². The summed E-state index contributed by atoms with van der Waals surface area (Å²) in [5, 5.41) is 9.29. The van der Waals surface area contributed by atoms with Crippen LogP contribution in [0.4, 0.5) is 0 Å². The van der Waals surface area contributed by atoms with Crippen LogP contribution in [0.1, 0.15) is 50.8 Å². The predicted molar refractivity (Wildman–Crippen MR) is 102 cm³/mol. The Morgan fingerprint density at radius 2 is 1.56 bits per heavy atom. The van der Waals surface area contributed by atoms with Gasteiger partial charge < -0.3 is 9.47 Å². The molecule has 1 heterocycles. The SMILES string of the molecule is CCCCOc1cc(CCc2ccc(Cl)cc2)nnc1OCCCC. The van der Waals surface area contributed by atoms with Gasteiger partial charge in [0.2, 0.25) is 0 Å². The molecule has 2 aromatic rings. The van der Waals surface area contributed by atoms with Crippen LogP contribution in [-0.2, 0) is 12.8 Å². The van der Waals surface area contributed by atoms with Gasteiger partial charge in [-0.3, -0.25) is 0 Å². The molecule has 0 aliphatic heterocycles. The number of halogens is 1. The smallest absolute Gasteiger partial charge is 0.276 e. The predicted octanol–water partition coefficient (Wildman–Crippen LogP) is 5.27. The Morgan fingerprint density at radius 1 is 0.880 bits per heavy atom. The molecule has 1 aromatic heterocycles. The summed E-state index contributed by atoms with van der Waals surface area (Å²) in [5.41, 5.74) is 2.13. The molecule has 0 N–H and O–H groups in total. The van der Waals surface area contributed by atoms with E-state index in [2.05, 4.69) is 24.0 Å². The second-order valence-electron chi connectivity index (χ2n) is 6.04. The van der Waals surface area contributed by atoms with Crippen molar-refractivity contribution in [3.63, 3.8) is 0 Å². The fourth-order valence-electron chi connectivity index (χ4n) is 2.29. The molecular weight excluding hydrogens is 336 g/mol. The molecule has 0 aliphatic rings. The van der Waals surface area contributed by atoms with Gasteiger partial charge in [-0.25, -0.2) is 0 Å². The summed E-state index contributed by atoms with van der Waals surface area (Å²) in [6, 6.07) is 9.85. The van der Waals surface area contributed by atoms with Crippen LogP contribution in [0.15, 0.2) is 30.3 Å². The van der Waals surface area contributed by atoms with Gasteiger partial charge in [-0.1, -0.05) is 50.4 Å². The first-order valence-corrected chi connectivity index (χ1v) is 9.47. The quantitative estimate of drug-likeness (QED) is 0.510. The molecule has 0 amide bonds. The van der Waals surface area contributed by atoms with Crippen molar-refractivity contribution in [2.45, 2.75) is 52.4 Å². The highest BCUT2D eigenvalue weighted by Gasteiger charge is 2.10. The lowest BCUT2D eigenvalue weighted by Crippen LogP contribution is -2.07. The van der Waals surface area contributed by atoms with Gasteiger partial charge in [0.15, 0.2) is 5.75 Å². The van der Waals surface area contributed by atoms with Crippen LogP contribution >= 0.6 is 11.6 Å². The second-order valence-corrected chi connectivity index (χ2v) is 6.47. The van der Waals surface area contributed by atoms with Crippen LogP contribution in [-0.4, -0.2) is 23.4 Å². The van der Waals surface area contributed by atoms with Crippen LogP contribution in [0.25, 0.3) is 0 Å². The summed E-state index contributed by atoms with van der Waals surface area (Å²) in [4.78, 5) is 0. The minimum atomic E-state index is 0.500. The van der Waals surface area contributed by atoms with Gasteiger partial charge in [0, 0.05) is 11.1 Å². The van der Waals surface area contributed by atoms with Gasteiger partial charge in [-0.15, -0.1) is 5.10 Å². The summed E-state index contributed by atoms with van der Waals surface area (Å²) in [5.74, 6) is 1.20. The van der Waals surface area contributed by atoms with Crippen molar-refractivity contribution in [1.82, 2.24) is 10.2 Å². The van der Waals surface area contributed by atoms with Crippen molar-refractivity contribution in [2.75, 3.05) is 13.2 Å². The number of benzene rings is 1. The Morgan fingerprint density at radius 3 is 2.24 bits per heavy atom. The maximum absolute atomic E-state index is 5.93. The minimum Gasteiger partial charge on any atom is -0.488 e. The molecule has 0 bridgehead atoms. The standard InChI is InChI=1S/C20H27ClN2O2/c1-3-5-13-24-19-15-18(22-23-20(19)25-14-6-4-2)12-9-16-7-10-17(21)11-8-16/h7-8,10-11,15H,3-6,9,12-14H2,1-2H3. The molecule has 2 rings (SSSR count). The van der Waals surface area contributed by atoms with E-state index in [-0.39, 0.29) is 0 Å². The van der Waals surface area contributed by atoms with Crippen LogP contribution in [0.2, 0.25) is 5.02 Å². The van der Waals surface area contributed by atoms with Gasteiger partial charge >= 0.3 is 0 Å². The monoisotopic (exact) mass is 362 g/mol. The highest BCUT2D eigenvalue weighted by Crippen LogP contribution is 2.25. The van der Waals surface area contributed by atoms with E-state index in [1.165, 1.54) is 5.56 Å². The Kier molecular flexibility index (Phi) is 8.53. The molecule has 0 unspecified atom stereocenters. The molecule has 0 radical (unpaired) electrons. The van der Waals surface area contributed by atoms with Crippen molar-refractivity contribution in [2.24, 2.45) is 0 Å². The van der Waals surface area contributed by atoms with Crippen molar-refractivity contribution < 1.29 is 9.47 Å². The van der Waals surface area contributed by atoms with Crippen LogP contribution in [0.5, 0.6) is 11.6 Å². The lowest BCUT2D eigenvalue weighted by Gasteiger charge is -2.12. The van der Waals surface area contributed by atoms with Crippen molar-refractivity contribution in [3.8, 4) is 11.6 Å². The molecule has 1 aromatic carbocycles. The normalized spacial score (nSPS) is 10.7. The van der Waals surface area contributed by atoms with Gasteiger partial charge in [0.25, 0.3) is 5.88 Å². The first-order valence-electron chi connectivity index (χ1n) is 9.09. The topological polar surface area (TPSA) is 44.2 Å². The fourth-order valence-corrected chi connectivity index (χ4v) is 2.42. The first-order chi connectivity index (χ1) is 12.2. The first kappa shape index (κ1) is 19.5. The lowest BCUT2D eigenvalue weighted by atomic mass is 10.1. The van der Waals surface area contributed by atoms with Crippen molar-refractivity contribution in [1.29, 1.82) is 0 Å². The van der Waals surface area contributed by atoms with E-state index in [1.54, 1.807) is 0 Å². The summed E-state index contributed by atoms with van der Waals surface area (Å²) in [7, 11) is 0. The molecule has 25 heavy (non-hydrogen) atoms. The molecule has 136 valence electrons.